The van der Waals surface area contributed by atoms with Crippen molar-refractivity contribution < 1.29 is 14.6 Å². The number of carbonyl (C=O) groups is 1. The fraction of sp³-hybridized carbons (Fsp3) is 0.417. The van der Waals surface area contributed by atoms with Crippen molar-refractivity contribution in [2.45, 2.75) is 32.5 Å². The molecule has 1 N–H and O–H groups in total. The van der Waals surface area contributed by atoms with E-state index in [1.807, 2.05) is 30.3 Å². The lowest BCUT2D eigenvalue weighted by molar-refractivity contribution is -0.165. The number of rotatable bonds is 4. The van der Waals surface area contributed by atoms with Crippen molar-refractivity contribution in [1.29, 1.82) is 0 Å². The standard InChI is InChI=1S/C12H16O3/c1-3-12(2,14)11(13)15-9-10-7-5-4-6-8-10/h4-8,14H,3,9H2,1-2H3/t12-/m0/s1. The van der Waals surface area contributed by atoms with Crippen molar-refractivity contribution in [1.82, 2.24) is 0 Å². The highest BCUT2D eigenvalue weighted by atomic mass is 16.5. The molecule has 0 spiro atoms. The lowest BCUT2D eigenvalue weighted by Crippen LogP contribution is -2.35. The van der Waals surface area contributed by atoms with E-state index in [2.05, 4.69) is 0 Å². The van der Waals surface area contributed by atoms with Gasteiger partial charge >= 0.3 is 5.97 Å². The third kappa shape index (κ3) is 3.36. The molecule has 0 amide bonds. The van der Waals surface area contributed by atoms with Gasteiger partial charge in [0, 0.05) is 0 Å². The smallest absolute Gasteiger partial charge is 0.338 e. The summed E-state index contributed by atoms with van der Waals surface area (Å²) >= 11 is 0. The second kappa shape index (κ2) is 4.94. The third-order valence-corrected chi connectivity index (χ3v) is 2.34. The first-order chi connectivity index (χ1) is 7.06. The van der Waals surface area contributed by atoms with Crippen LogP contribution in [0.5, 0.6) is 0 Å². The molecule has 0 bridgehead atoms. The van der Waals surface area contributed by atoms with E-state index in [4.69, 9.17) is 4.74 Å². The molecule has 0 aromatic heterocycles. The van der Waals surface area contributed by atoms with Gasteiger partial charge in [0.2, 0.25) is 0 Å². The molecule has 82 valence electrons. The SMILES string of the molecule is CC[C@](C)(O)C(=O)OCc1ccccc1. The van der Waals surface area contributed by atoms with Crippen LogP contribution in [0.1, 0.15) is 25.8 Å². The number of esters is 1. The minimum absolute atomic E-state index is 0.204. The van der Waals surface area contributed by atoms with Gasteiger partial charge in [-0.25, -0.2) is 4.79 Å². The number of benzene rings is 1. The van der Waals surface area contributed by atoms with Crippen LogP contribution in [-0.2, 0) is 16.1 Å². The molecule has 0 aliphatic carbocycles. The molecular formula is C12H16O3. The van der Waals surface area contributed by atoms with Crippen LogP contribution in [0, 0.1) is 0 Å². The van der Waals surface area contributed by atoms with Crippen LogP contribution in [-0.4, -0.2) is 16.7 Å². The summed E-state index contributed by atoms with van der Waals surface area (Å²) in [4.78, 5) is 11.4. The molecule has 0 unspecified atom stereocenters. The van der Waals surface area contributed by atoms with Crippen molar-refractivity contribution >= 4 is 5.97 Å². The van der Waals surface area contributed by atoms with Gasteiger partial charge in [0.05, 0.1) is 0 Å². The van der Waals surface area contributed by atoms with Crippen LogP contribution in [0.4, 0.5) is 0 Å². The zero-order valence-electron chi connectivity index (χ0n) is 9.06. The number of ether oxygens (including phenoxy) is 1. The van der Waals surface area contributed by atoms with Gasteiger partial charge in [-0.15, -0.1) is 0 Å². The lowest BCUT2D eigenvalue weighted by Gasteiger charge is -2.18. The van der Waals surface area contributed by atoms with Crippen molar-refractivity contribution in [2.24, 2.45) is 0 Å². The molecule has 0 radical (unpaired) electrons. The first kappa shape index (κ1) is 11.7. The molecule has 3 nitrogen and oxygen atoms in total. The second-order valence-corrected chi connectivity index (χ2v) is 3.69. The summed E-state index contributed by atoms with van der Waals surface area (Å²) in [6.07, 6.45) is 0.348. The average molecular weight is 208 g/mol. The van der Waals surface area contributed by atoms with Crippen LogP contribution >= 0.6 is 0 Å². The fourth-order valence-electron chi connectivity index (χ4n) is 1.02. The molecule has 3 heteroatoms. The highest BCUT2D eigenvalue weighted by Gasteiger charge is 2.29. The number of hydrogen-bond acceptors (Lipinski definition) is 3. The summed E-state index contributed by atoms with van der Waals surface area (Å²) in [7, 11) is 0. The predicted molar refractivity (Wildman–Crippen MR) is 57.2 cm³/mol. The van der Waals surface area contributed by atoms with Crippen LogP contribution in [0.3, 0.4) is 0 Å². The van der Waals surface area contributed by atoms with Crippen LogP contribution in [0.2, 0.25) is 0 Å². The van der Waals surface area contributed by atoms with Gasteiger partial charge in [0.25, 0.3) is 0 Å². The molecule has 1 aromatic rings. The molecule has 0 saturated carbocycles. The Labute approximate surface area is 89.7 Å². The largest absolute Gasteiger partial charge is 0.459 e. The van der Waals surface area contributed by atoms with Crippen LogP contribution in [0.15, 0.2) is 30.3 Å². The van der Waals surface area contributed by atoms with E-state index in [1.165, 1.54) is 6.92 Å². The summed E-state index contributed by atoms with van der Waals surface area (Å²) < 4.78 is 4.99. The predicted octanol–water partition coefficient (Wildman–Crippen LogP) is 1.89. The Morgan fingerprint density at radius 2 is 2.00 bits per heavy atom. The molecule has 0 fully saturated rings. The molecule has 1 aromatic carbocycles. The normalized spacial score (nSPS) is 14.3. The topological polar surface area (TPSA) is 46.5 Å². The molecule has 15 heavy (non-hydrogen) atoms. The Balaban J connectivity index is 2.48. The Hall–Kier alpha value is -1.35. The van der Waals surface area contributed by atoms with Gasteiger partial charge < -0.3 is 9.84 Å². The van der Waals surface area contributed by atoms with E-state index in [1.54, 1.807) is 6.92 Å². The highest BCUT2D eigenvalue weighted by molar-refractivity contribution is 5.78. The fourth-order valence-corrected chi connectivity index (χ4v) is 1.02. The van der Waals surface area contributed by atoms with E-state index in [9.17, 15) is 9.90 Å². The highest BCUT2D eigenvalue weighted by Crippen LogP contribution is 2.12. The Kier molecular flexibility index (Phi) is 3.86. The van der Waals surface area contributed by atoms with E-state index < -0.39 is 11.6 Å². The van der Waals surface area contributed by atoms with E-state index in [0.717, 1.165) is 5.56 Å². The Morgan fingerprint density at radius 3 is 2.53 bits per heavy atom. The van der Waals surface area contributed by atoms with Gasteiger partial charge in [-0.05, 0) is 18.9 Å². The van der Waals surface area contributed by atoms with Gasteiger partial charge in [-0.1, -0.05) is 37.3 Å². The summed E-state index contributed by atoms with van der Waals surface area (Å²) in [6.45, 7) is 3.40. The van der Waals surface area contributed by atoms with Crippen molar-refractivity contribution in [3.05, 3.63) is 35.9 Å². The third-order valence-electron chi connectivity index (χ3n) is 2.34. The minimum atomic E-state index is -1.38. The van der Waals surface area contributed by atoms with Gasteiger partial charge in [0.1, 0.15) is 6.61 Å². The second-order valence-electron chi connectivity index (χ2n) is 3.69. The summed E-state index contributed by atoms with van der Waals surface area (Å²) in [5, 5.41) is 9.60. The minimum Gasteiger partial charge on any atom is -0.459 e. The Bertz CT molecular complexity index is 317. The lowest BCUT2D eigenvalue weighted by atomic mass is 10.0. The molecular weight excluding hydrogens is 192 g/mol. The van der Waals surface area contributed by atoms with Crippen molar-refractivity contribution in [3.8, 4) is 0 Å². The quantitative estimate of drug-likeness (QED) is 0.768. The van der Waals surface area contributed by atoms with Gasteiger partial charge in [-0.2, -0.15) is 0 Å². The maximum Gasteiger partial charge on any atom is 0.338 e. The number of aliphatic hydroxyl groups is 1. The maximum atomic E-state index is 11.4. The summed E-state index contributed by atoms with van der Waals surface area (Å²) in [6, 6.07) is 9.39. The first-order valence-electron chi connectivity index (χ1n) is 5.00. The number of carbonyl (C=O) groups excluding carboxylic acids is 1. The number of hydrogen-bond donors (Lipinski definition) is 1. The molecule has 1 rings (SSSR count). The van der Waals surface area contributed by atoms with Gasteiger partial charge in [-0.3, -0.25) is 0 Å². The molecule has 0 saturated heterocycles. The van der Waals surface area contributed by atoms with Crippen LogP contribution in [0.25, 0.3) is 0 Å². The average Bonchev–Trinajstić information content (AvgIpc) is 2.27. The maximum absolute atomic E-state index is 11.4. The first-order valence-corrected chi connectivity index (χ1v) is 5.00. The van der Waals surface area contributed by atoms with Crippen molar-refractivity contribution in [3.63, 3.8) is 0 Å². The summed E-state index contributed by atoms with van der Waals surface area (Å²) in [5.41, 5.74) is -0.466. The molecule has 0 aliphatic heterocycles. The van der Waals surface area contributed by atoms with E-state index in [-0.39, 0.29) is 6.61 Å². The molecule has 0 heterocycles. The Morgan fingerprint density at radius 1 is 1.40 bits per heavy atom. The van der Waals surface area contributed by atoms with Gasteiger partial charge in [0.15, 0.2) is 5.60 Å². The van der Waals surface area contributed by atoms with Crippen LogP contribution < -0.4 is 0 Å². The van der Waals surface area contributed by atoms with E-state index in [0.29, 0.717) is 6.42 Å². The van der Waals surface area contributed by atoms with E-state index >= 15 is 0 Å². The monoisotopic (exact) mass is 208 g/mol. The zero-order chi connectivity index (χ0) is 11.3. The zero-order valence-corrected chi connectivity index (χ0v) is 9.06. The summed E-state index contributed by atoms with van der Waals surface area (Å²) in [5.74, 6) is -0.575. The molecule has 0 aliphatic rings. The molecule has 1 atom stereocenters. The van der Waals surface area contributed by atoms with Crippen molar-refractivity contribution in [2.75, 3.05) is 0 Å².